The number of amides is 1. The van der Waals surface area contributed by atoms with Gasteiger partial charge in [-0.1, -0.05) is 17.7 Å². The molecule has 5 heteroatoms. The molecule has 2 N–H and O–H groups in total. The van der Waals surface area contributed by atoms with Crippen molar-refractivity contribution in [3.8, 4) is 6.07 Å². The second-order valence-electron chi connectivity index (χ2n) is 5.57. The highest BCUT2D eigenvalue weighted by Gasteiger charge is 2.07. The Bertz CT molecular complexity index is 908. The highest BCUT2D eigenvalue weighted by atomic mass is 16.1. The number of nitrogens with one attached hydrogen (secondary N) is 2. The number of rotatable bonds is 4. The van der Waals surface area contributed by atoms with E-state index in [1.807, 2.05) is 43.3 Å². The van der Waals surface area contributed by atoms with E-state index < -0.39 is 0 Å². The Morgan fingerprint density at radius 1 is 0.920 bits per heavy atom. The van der Waals surface area contributed by atoms with Crippen LogP contribution in [0.4, 0.5) is 17.1 Å². The molecule has 3 rings (SSSR count). The van der Waals surface area contributed by atoms with E-state index in [9.17, 15) is 4.79 Å². The minimum absolute atomic E-state index is 0.256. The van der Waals surface area contributed by atoms with E-state index in [1.165, 1.54) is 0 Å². The van der Waals surface area contributed by atoms with Crippen LogP contribution in [-0.2, 0) is 0 Å². The highest BCUT2D eigenvalue weighted by Crippen LogP contribution is 2.17. The third kappa shape index (κ3) is 4.21. The number of carbonyl (C=O) groups excluding carboxylic acids is 1. The van der Waals surface area contributed by atoms with Crippen LogP contribution in [0.2, 0.25) is 0 Å². The van der Waals surface area contributed by atoms with E-state index in [0.29, 0.717) is 11.3 Å². The fraction of sp³-hybridized carbons (Fsp3) is 0.0500. The number of aryl methyl sites for hydroxylation is 1. The fourth-order valence-corrected chi connectivity index (χ4v) is 2.23. The van der Waals surface area contributed by atoms with Gasteiger partial charge < -0.3 is 10.6 Å². The lowest BCUT2D eigenvalue weighted by Crippen LogP contribution is -2.13. The van der Waals surface area contributed by atoms with Crippen LogP contribution >= 0.6 is 0 Å². The Balaban J connectivity index is 1.65. The summed E-state index contributed by atoms with van der Waals surface area (Å²) in [6.07, 6.45) is 1.60. The zero-order chi connectivity index (χ0) is 17.6. The topological polar surface area (TPSA) is 77.8 Å². The van der Waals surface area contributed by atoms with Crippen molar-refractivity contribution in [2.75, 3.05) is 10.6 Å². The summed E-state index contributed by atoms with van der Waals surface area (Å²) in [5, 5.41) is 14.8. The van der Waals surface area contributed by atoms with Crippen LogP contribution in [-0.4, -0.2) is 10.9 Å². The number of benzene rings is 2. The van der Waals surface area contributed by atoms with Crippen LogP contribution in [0.25, 0.3) is 0 Å². The van der Waals surface area contributed by atoms with E-state index in [0.717, 1.165) is 22.6 Å². The normalized spacial score (nSPS) is 9.92. The summed E-state index contributed by atoms with van der Waals surface area (Å²) in [6.45, 7) is 1.99. The first-order valence-electron chi connectivity index (χ1n) is 7.75. The summed E-state index contributed by atoms with van der Waals surface area (Å²) in [7, 11) is 0. The van der Waals surface area contributed by atoms with Gasteiger partial charge in [0.15, 0.2) is 0 Å². The van der Waals surface area contributed by atoms with Crippen molar-refractivity contribution in [3.63, 3.8) is 0 Å². The lowest BCUT2D eigenvalue weighted by molar-refractivity contribution is 0.102. The summed E-state index contributed by atoms with van der Waals surface area (Å²) < 4.78 is 0. The molecule has 0 fully saturated rings. The molecule has 0 radical (unpaired) electrons. The third-order valence-electron chi connectivity index (χ3n) is 3.61. The maximum Gasteiger partial charge on any atom is 0.274 e. The largest absolute Gasteiger partial charge is 0.354 e. The summed E-state index contributed by atoms with van der Waals surface area (Å²) in [5.41, 5.74) is 4.42. The molecule has 0 atom stereocenters. The van der Waals surface area contributed by atoms with Gasteiger partial charge >= 0.3 is 0 Å². The molecular weight excluding hydrogens is 312 g/mol. The number of hydrogen-bond donors (Lipinski definition) is 2. The van der Waals surface area contributed by atoms with E-state index in [-0.39, 0.29) is 5.91 Å². The Morgan fingerprint density at radius 3 is 2.16 bits per heavy atom. The molecule has 0 saturated heterocycles. The minimum atomic E-state index is -0.256. The van der Waals surface area contributed by atoms with Gasteiger partial charge in [-0.15, -0.1) is 0 Å². The summed E-state index contributed by atoms with van der Waals surface area (Å²) in [5.74, 6) is -0.256. The van der Waals surface area contributed by atoms with Gasteiger partial charge in [-0.3, -0.25) is 4.79 Å². The molecule has 0 bridgehead atoms. The number of nitriles is 1. The van der Waals surface area contributed by atoms with Crippen molar-refractivity contribution in [2.24, 2.45) is 0 Å². The molecule has 0 unspecified atom stereocenters. The molecule has 1 heterocycles. The van der Waals surface area contributed by atoms with Crippen LogP contribution < -0.4 is 10.6 Å². The Kier molecular flexibility index (Phi) is 4.72. The van der Waals surface area contributed by atoms with Gasteiger partial charge in [0.05, 0.1) is 23.5 Å². The average Bonchev–Trinajstić information content (AvgIpc) is 2.65. The molecule has 1 amide bonds. The summed E-state index contributed by atoms with van der Waals surface area (Å²) in [4.78, 5) is 16.4. The SMILES string of the molecule is Cc1ccc(NC(=O)c2ccc(Nc3ccc(C#N)cc3)cn2)cc1. The quantitative estimate of drug-likeness (QED) is 0.750. The molecule has 3 aromatic rings. The van der Waals surface area contributed by atoms with Crippen LogP contribution in [0.1, 0.15) is 21.6 Å². The fourth-order valence-electron chi connectivity index (χ4n) is 2.23. The lowest BCUT2D eigenvalue weighted by atomic mass is 10.2. The molecule has 0 saturated carbocycles. The molecule has 25 heavy (non-hydrogen) atoms. The second kappa shape index (κ2) is 7.28. The zero-order valence-electron chi connectivity index (χ0n) is 13.7. The Morgan fingerprint density at radius 2 is 1.56 bits per heavy atom. The number of anilines is 3. The van der Waals surface area contributed by atoms with Crippen molar-refractivity contribution in [1.29, 1.82) is 5.26 Å². The molecule has 122 valence electrons. The molecule has 0 aliphatic heterocycles. The number of nitrogens with zero attached hydrogens (tertiary/aromatic N) is 2. The summed E-state index contributed by atoms with van der Waals surface area (Å²) >= 11 is 0. The highest BCUT2D eigenvalue weighted by molar-refractivity contribution is 6.02. The first-order chi connectivity index (χ1) is 12.1. The first-order valence-corrected chi connectivity index (χ1v) is 7.75. The van der Waals surface area contributed by atoms with Crippen molar-refractivity contribution in [3.05, 3.63) is 83.7 Å². The molecular formula is C20H16N4O. The van der Waals surface area contributed by atoms with Gasteiger partial charge in [0.2, 0.25) is 0 Å². The van der Waals surface area contributed by atoms with Gasteiger partial charge in [0, 0.05) is 11.4 Å². The van der Waals surface area contributed by atoms with E-state index in [1.54, 1.807) is 30.5 Å². The maximum atomic E-state index is 12.2. The molecule has 5 nitrogen and oxygen atoms in total. The van der Waals surface area contributed by atoms with E-state index >= 15 is 0 Å². The Hall–Kier alpha value is -3.65. The molecule has 0 spiro atoms. The molecule has 0 aliphatic carbocycles. The number of aromatic nitrogens is 1. The van der Waals surface area contributed by atoms with E-state index in [2.05, 4.69) is 21.7 Å². The number of hydrogen-bond acceptors (Lipinski definition) is 4. The van der Waals surface area contributed by atoms with Gasteiger partial charge in [-0.05, 0) is 55.5 Å². The van der Waals surface area contributed by atoms with E-state index in [4.69, 9.17) is 5.26 Å². The number of pyridine rings is 1. The van der Waals surface area contributed by atoms with Gasteiger partial charge in [0.1, 0.15) is 5.69 Å². The Labute approximate surface area is 146 Å². The zero-order valence-corrected chi connectivity index (χ0v) is 13.7. The maximum absolute atomic E-state index is 12.2. The van der Waals surface area contributed by atoms with Crippen molar-refractivity contribution in [1.82, 2.24) is 4.98 Å². The predicted octanol–water partition coefficient (Wildman–Crippen LogP) is 4.26. The lowest BCUT2D eigenvalue weighted by Gasteiger charge is -2.08. The second-order valence-corrected chi connectivity index (χ2v) is 5.57. The first kappa shape index (κ1) is 16.2. The van der Waals surface area contributed by atoms with Gasteiger partial charge in [-0.2, -0.15) is 5.26 Å². The van der Waals surface area contributed by atoms with Crippen LogP contribution in [0.3, 0.4) is 0 Å². The standard InChI is InChI=1S/C20H16N4O/c1-14-2-6-17(7-3-14)24-20(25)19-11-10-18(13-22-19)23-16-8-4-15(12-21)5-9-16/h2-11,13,23H,1H3,(H,24,25). The van der Waals surface area contributed by atoms with Crippen LogP contribution in [0.15, 0.2) is 66.9 Å². The minimum Gasteiger partial charge on any atom is -0.354 e. The number of carbonyl (C=O) groups is 1. The van der Waals surface area contributed by atoms with Gasteiger partial charge in [0.25, 0.3) is 5.91 Å². The monoisotopic (exact) mass is 328 g/mol. The molecule has 0 aliphatic rings. The predicted molar refractivity (Wildman–Crippen MR) is 97.8 cm³/mol. The molecule has 1 aromatic heterocycles. The van der Waals surface area contributed by atoms with Gasteiger partial charge in [-0.25, -0.2) is 4.98 Å². The van der Waals surface area contributed by atoms with Crippen molar-refractivity contribution >= 4 is 23.0 Å². The van der Waals surface area contributed by atoms with Crippen LogP contribution in [0, 0.1) is 18.3 Å². The van der Waals surface area contributed by atoms with Crippen molar-refractivity contribution < 1.29 is 4.79 Å². The average molecular weight is 328 g/mol. The smallest absolute Gasteiger partial charge is 0.274 e. The molecule has 2 aromatic carbocycles. The van der Waals surface area contributed by atoms with Crippen LogP contribution in [0.5, 0.6) is 0 Å². The van der Waals surface area contributed by atoms with Crippen molar-refractivity contribution in [2.45, 2.75) is 6.92 Å². The third-order valence-corrected chi connectivity index (χ3v) is 3.61. The summed E-state index contributed by atoms with van der Waals surface area (Å²) in [6, 6.07) is 20.2.